The summed E-state index contributed by atoms with van der Waals surface area (Å²) in [6, 6.07) is 6.53. The van der Waals surface area contributed by atoms with Crippen molar-refractivity contribution in [2.75, 3.05) is 13.1 Å². The molecule has 1 N–H and O–H groups in total. The van der Waals surface area contributed by atoms with E-state index in [2.05, 4.69) is 42.8 Å². The van der Waals surface area contributed by atoms with E-state index < -0.39 is 0 Å². The van der Waals surface area contributed by atoms with E-state index in [-0.39, 0.29) is 17.9 Å². The van der Waals surface area contributed by atoms with Crippen LogP contribution in [0.3, 0.4) is 0 Å². The summed E-state index contributed by atoms with van der Waals surface area (Å²) >= 11 is 0. The molecule has 144 valence electrons. The number of hydrogen-bond donors (Lipinski definition) is 1. The van der Waals surface area contributed by atoms with Crippen molar-refractivity contribution in [3.05, 3.63) is 47.2 Å². The van der Waals surface area contributed by atoms with Crippen LogP contribution in [0.4, 0.5) is 0 Å². The maximum absolute atomic E-state index is 12.8. The van der Waals surface area contributed by atoms with E-state index in [1.54, 1.807) is 4.90 Å². The molecule has 0 spiro atoms. The third-order valence-corrected chi connectivity index (χ3v) is 6.39. The molecule has 4 rings (SSSR count). The lowest BCUT2D eigenvalue weighted by molar-refractivity contribution is -0.126. The number of carbonyl (C=O) groups excluding carboxylic acids is 2. The van der Waals surface area contributed by atoms with Crippen LogP contribution < -0.4 is 5.32 Å². The second-order valence-corrected chi connectivity index (χ2v) is 8.40. The fourth-order valence-corrected chi connectivity index (χ4v) is 4.68. The summed E-state index contributed by atoms with van der Waals surface area (Å²) in [6.07, 6.45) is 3.73. The predicted molar refractivity (Wildman–Crippen MR) is 105 cm³/mol. The molecule has 0 aliphatic carbocycles. The van der Waals surface area contributed by atoms with Crippen molar-refractivity contribution in [2.24, 2.45) is 0 Å². The van der Waals surface area contributed by atoms with Gasteiger partial charge in [-0.25, -0.2) is 0 Å². The first-order valence-corrected chi connectivity index (χ1v) is 10.1. The van der Waals surface area contributed by atoms with Gasteiger partial charge < -0.3 is 15.1 Å². The number of benzene rings is 1. The third-order valence-electron chi connectivity index (χ3n) is 6.39. The second kappa shape index (κ2) is 7.12. The highest BCUT2D eigenvalue weighted by atomic mass is 16.2. The zero-order valence-corrected chi connectivity index (χ0v) is 16.3. The van der Waals surface area contributed by atoms with Gasteiger partial charge in [-0.15, -0.1) is 0 Å². The van der Waals surface area contributed by atoms with Gasteiger partial charge in [-0.05, 0) is 75.7 Å². The van der Waals surface area contributed by atoms with Crippen LogP contribution in [0.1, 0.15) is 66.9 Å². The SMILES string of the molecule is C=C1CCC(N2Cc3cc(C4CCN(C(C)C)CC4)ccc3C2=O)C(=O)N1. The van der Waals surface area contributed by atoms with Crippen molar-refractivity contribution in [1.29, 1.82) is 0 Å². The van der Waals surface area contributed by atoms with Crippen LogP contribution in [-0.4, -0.2) is 46.8 Å². The molecule has 1 atom stereocenters. The molecule has 3 aliphatic rings. The van der Waals surface area contributed by atoms with E-state index in [1.165, 1.54) is 18.4 Å². The Balaban J connectivity index is 1.48. The molecule has 0 saturated carbocycles. The molecule has 0 aromatic heterocycles. The highest BCUT2D eigenvalue weighted by molar-refractivity contribution is 6.01. The van der Waals surface area contributed by atoms with Gasteiger partial charge in [0.25, 0.3) is 5.91 Å². The van der Waals surface area contributed by atoms with Gasteiger partial charge in [-0.3, -0.25) is 9.59 Å². The van der Waals surface area contributed by atoms with E-state index in [1.807, 2.05) is 6.07 Å². The summed E-state index contributed by atoms with van der Waals surface area (Å²) in [5, 5.41) is 2.80. The Morgan fingerprint density at radius 3 is 2.56 bits per heavy atom. The fraction of sp³-hybridized carbons (Fsp3) is 0.545. The molecule has 2 saturated heterocycles. The van der Waals surface area contributed by atoms with Gasteiger partial charge in [0.1, 0.15) is 6.04 Å². The first-order chi connectivity index (χ1) is 12.9. The van der Waals surface area contributed by atoms with E-state index in [0.29, 0.717) is 24.9 Å². The van der Waals surface area contributed by atoms with Crippen molar-refractivity contribution >= 4 is 11.8 Å². The van der Waals surface area contributed by atoms with Crippen molar-refractivity contribution in [2.45, 2.75) is 64.1 Å². The lowest BCUT2D eigenvalue weighted by Crippen LogP contribution is -2.49. The number of piperidine rings is 2. The molecule has 1 unspecified atom stereocenters. The number of carbonyl (C=O) groups is 2. The standard InChI is InChI=1S/C22H29N3O2/c1-14(2)24-10-8-16(9-11-24)17-5-6-19-18(12-17)13-25(22(19)27)20-7-4-15(3)23-21(20)26/h5-6,12,14,16,20H,3-4,7-11,13H2,1-2H3,(H,23,26). The number of likely N-dealkylation sites (tertiary alicyclic amines) is 1. The molecular formula is C22H29N3O2. The quantitative estimate of drug-likeness (QED) is 0.893. The molecule has 1 aromatic carbocycles. The first-order valence-electron chi connectivity index (χ1n) is 10.1. The Morgan fingerprint density at radius 1 is 1.15 bits per heavy atom. The van der Waals surface area contributed by atoms with E-state index >= 15 is 0 Å². The summed E-state index contributed by atoms with van der Waals surface area (Å²) in [6.45, 7) is 11.1. The minimum atomic E-state index is -0.381. The maximum atomic E-state index is 12.8. The Kier molecular flexibility index (Phi) is 4.81. The van der Waals surface area contributed by atoms with Crippen LogP contribution >= 0.6 is 0 Å². The molecule has 0 radical (unpaired) electrons. The second-order valence-electron chi connectivity index (χ2n) is 8.40. The molecule has 1 aromatic rings. The zero-order valence-electron chi connectivity index (χ0n) is 16.3. The lowest BCUT2D eigenvalue weighted by Gasteiger charge is -2.34. The van der Waals surface area contributed by atoms with E-state index in [9.17, 15) is 9.59 Å². The summed E-state index contributed by atoms with van der Waals surface area (Å²) < 4.78 is 0. The number of fused-ring (bicyclic) bond motifs is 1. The Morgan fingerprint density at radius 2 is 1.89 bits per heavy atom. The van der Waals surface area contributed by atoms with Gasteiger partial charge in [0, 0.05) is 23.8 Å². The molecular weight excluding hydrogens is 338 g/mol. The molecule has 3 aliphatic heterocycles. The van der Waals surface area contributed by atoms with Crippen LogP contribution in [0.2, 0.25) is 0 Å². The van der Waals surface area contributed by atoms with Crippen LogP contribution in [-0.2, 0) is 11.3 Å². The average Bonchev–Trinajstić information content (AvgIpc) is 2.98. The summed E-state index contributed by atoms with van der Waals surface area (Å²) in [5.74, 6) is 0.447. The minimum absolute atomic E-state index is 0.0150. The van der Waals surface area contributed by atoms with E-state index in [0.717, 1.165) is 36.3 Å². The number of nitrogens with one attached hydrogen (secondary N) is 1. The summed E-state index contributed by atoms with van der Waals surface area (Å²) in [5.41, 5.74) is 3.92. The molecule has 2 amide bonds. The van der Waals surface area contributed by atoms with Crippen molar-refractivity contribution in [1.82, 2.24) is 15.1 Å². The number of rotatable bonds is 3. The van der Waals surface area contributed by atoms with Crippen molar-refractivity contribution in [3.8, 4) is 0 Å². The summed E-state index contributed by atoms with van der Waals surface area (Å²) in [7, 11) is 0. The van der Waals surface area contributed by atoms with Crippen LogP contribution in [0.15, 0.2) is 30.5 Å². The number of allylic oxidation sites excluding steroid dienone is 1. The minimum Gasteiger partial charge on any atom is -0.329 e. The van der Waals surface area contributed by atoms with Gasteiger partial charge in [0.15, 0.2) is 0 Å². The lowest BCUT2D eigenvalue weighted by atomic mass is 9.87. The molecule has 5 nitrogen and oxygen atoms in total. The van der Waals surface area contributed by atoms with E-state index in [4.69, 9.17) is 0 Å². The Bertz CT molecular complexity index is 778. The van der Waals surface area contributed by atoms with Crippen LogP contribution in [0.5, 0.6) is 0 Å². The van der Waals surface area contributed by atoms with Crippen LogP contribution in [0.25, 0.3) is 0 Å². The molecule has 2 fully saturated rings. The molecule has 5 heteroatoms. The molecule has 0 bridgehead atoms. The maximum Gasteiger partial charge on any atom is 0.255 e. The number of hydrogen-bond acceptors (Lipinski definition) is 3. The topological polar surface area (TPSA) is 52.7 Å². The highest BCUT2D eigenvalue weighted by Crippen LogP contribution is 2.34. The third kappa shape index (κ3) is 3.41. The van der Waals surface area contributed by atoms with Crippen molar-refractivity contribution < 1.29 is 9.59 Å². The zero-order chi connectivity index (χ0) is 19.1. The largest absolute Gasteiger partial charge is 0.329 e. The Labute approximate surface area is 161 Å². The number of nitrogens with zero attached hydrogens (tertiary/aromatic N) is 2. The monoisotopic (exact) mass is 367 g/mol. The normalized spacial score (nSPS) is 24.5. The molecule has 27 heavy (non-hydrogen) atoms. The van der Waals surface area contributed by atoms with Gasteiger partial charge in [0.2, 0.25) is 5.91 Å². The smallest absolute Gasteiger partial charge is 0.255 e. The highest BCUT2D eigenvalue weighted by Gasteiger charge is 2.38. The van der Waals surface area contributed by atoms with Gasteiger partial charge >= 0.3 is 0 Å². The average molecular weight is 367 g/mol. The van der Waals surface area contributed by atoms with Gasteiger partial charge in [-0.1, -0.05) is 18.7 Å². The predicted octanol–water partition coefficient (Wildman–Crippen LogP) is 3.02. The molecule has 3 heterocycles. The summed E-state index contributed by atoms with van der Waals surface area (Å²) in [4.78, 5) is 29.4. The Hall–Kier alpha value is -2.14. The fourth-order valence-electron chi connectivity index (χ4n) is 4.68. The van der Waals surface area contributed by atoms with Gasteiger partial charge in [-0.2, -0.15) is 0 Å². The van der Waals surface area contributed by atoms with Crippen molar-refractivity contribution in [3.63, 3.8) is 0 Å². The van der Waals surface area contributed by atoms with Gasteiger partial charge in [0.05, 0.1) is 0 Å². The van der Waals surface area contributed by atoms with Crippen LogP contribution in [0, 0.1) is 0 Å². The number of amides is 2. The first kappa shape index (κ1) is 18.2.